The van der Waals surface area contributed by atoms with Crippen molar-refractivity contribution in [1.82, 2.24) is 4.98 Å². The van der Waals surface area contributed by atoms with E-state index < -0.39 is 0 Å². The van der Waals surface area contributed by atoms with Crippen LogP contribution in [0.3, 0.4) is 0 Å². The molecule has 221 valence electrons. The molecule has 1 radical (unpaired) electrons. The van der Waals surface area contributed by atoms with Crippen LogP contribution >= 0.6 is 0 Å². The fraction of sp³-hybridized carbons (Fsp3) is 0.389. The predicted molar refractivity (Wildman–Crippen MR) is 167 cm³/mol. The number of ketones is 1. The molecule has 4 nitrogen and oxygen atoms in total. The summed E-state index contributed by atoms with van der Waals surface area (Å²) in [4.78, 5) is 16.6. The van der Waals surface area contributed by atoms with E-state index in [-0.39, 0.29) is 42.5 Å². The van der Waals surface area contributed by atoms with Crippen molar-refractivity contribution in [3.8, 4) is 11.6 Å². The van der Waals surface area contributed by atoms with Gasteiger partial charge in [0, 0.05) is 60.4 Å². The number of nitrogens with zero attached hydrogens (tertiary/aromatic N) is 1. The van der Waals surface area contributed by atoms with Crippen molar-refractivity contribution in [3.05, 3.63) is 89.8 Å². The molecule has 5 heteroatoms. The van der Waals surface area contributed by atoms with Crippen LogP contribution in [-0.4, -0.2) is 15.9 Å². The van der Waals surface area contributed by atoms with Crippen LogP contribution in [0, 0.1) is 30.7 Å². The van der Waals surface area contributed by atoms with E-state index in [4.69, 9.17) is 4.74 Å². The van der Waals surface area contributed by atoms with Gasteiger partial charge >= 0.3 is 0 Å². The van der Waals surface area contributed by atoms with E-state index in [9.17, 15) is 9.90 Å². The van der Waals surface area contributed by atoms with Gasteiger partial charge in [-0.25, -0.2) is 4.98 Å². The van der Waals surface area contributed by atoms with Gasteiger partial charge in [-0.15, -0.1) is 12.1 Å². The topological polar surface area (TPSA) is 59.4 Å². The Morgan fingerprint density at radius 1 is 0.854 bits per heavy atom. The van der Waals surface area contributed by atoms with Crippen molar-refractivity contribution in [2.75, 3.05) is 0 Å². The van der Waals surface area contributed by atoms with Crippen molar-refractivity contribution in [2.45, 2.75) is 81.1 Å². The van der Waals surface area contributed by atoms with Gasteiger partial charge in [0.05, 0.1) is 0 Å². The predicted octanol–water partition coefficient (Wildman–Crippen LogP) is 10.2. The quantitative estimate of drug-likeness (QED) is 0.0806. The Hall–Kier alpha value is -3.01. The monoisotopic (exact) mass is 731 g/mol. The molecule has 0 amide bonds. The Morgan fingerprint density at radius 3 is 1.90 bits per heavy atom. The van der Waals surface area contributed by atoms with Crippen LogP contribution in [0.5, 0.6) is 11.6 Å². The van der Waals surface area contributed by atoms with E-state index in [1.807, 2.05) is 78.1 Å². The molecule has 0 fully saturated rings. The van der Waals surface area contributed by atoms with E-state index >= 15 is 0 Å². The number of carbonyl (C=O) groups is 1. The first-order chi connectivity index (χ1) is 19.0. The molecule has 4 aromatic rings. The SMILES string of the molecule is CCC(C)(CC)C(=O)/C=C(\O)C(C)(CC)CC.Cc1cc2cc3cnc(Oc4[c-]cccc4)cc3cc2cc1C.[Ir]. The Balaban J connectivity index is 0.000000296. The number of ether oxygens (including phenoxy) is 1. The number of aliphatic hydroxyl groups is 1. The van der Waals surface area contributed by atoms with Gasteiger partial charge in [0.15, 0.2) is 5.78 Å². The zero-order chi connectivity index (χ0) is 29.5. The van der Waals surface area contributed by atoms with Crippen molar-refractivity contribution in [2.24, 2.45) is 10.8 Å². The molecule has 0 saturated carbocycles. The van der Waals surface area contributed by atoms with Gasteiger partial charge in [-0.3, -0.25) is 4.79 Å². The fourth-order valence-corrected chi connectivity index (χ4v) is 4.44. The average molecular weight is 731 g/mol. The number of aryl methyl sites for hydroxylation is 2. The van der Waals surface area contributed by atoms with Gasteiger partial charge in [0.1, 0.15) is 5.76 Å². The summed E-state index contributed by atoms with van der Waals surface area (Å²) in [6.07, 6.45) is 6.62. The normalized spacial score (nSPS) is 12.0. The molecule has 3 aromatic carbocycles. The molecular formula is C36H44IrNO3-. The second-order valence-corrected chi connectivity index (χ2v) is 11.3. The molecular weight excluding hydrogens is 687 g/mol. The number of para-hydroxylation sites is 1. The van der Waals surface area contributed by atoms with Crippen molar-refractivity contribution < 1.29 is 34.7 Å². The third-order valence-corrected chi connectivity index (χ3v) is 8.76. The number of pyridine rings is 1. The summed E-state index contributed by atoms with van der Waals surface area (Å²) in [5.74, 6) is 1.54. The number of hydrogen-bond acceptors (Lipinski definition) is 4. The minimum Gasteiger partial charge on any atom is -0.512 e. The number of carbonyl (C=O) groups excluding carboxylic acids is 1. The first-order valence-corrected chi connectivity index (χ1v) is 14.4. The van der Waals surface area contributed by atoms with Crippen LogP contribution in [-0.2, 0) is 24.9 Å². The molecule has 0 aliphatic heterocycles. The van der Waals surface area contributed by atoms with E-state index in [1.54, 1.807) is 0 Å². The van der Waals surface area contributed by atoms with E-state index in [0.717, 1.165) is 36.5 Å². The Morgan fingerprint density at radius 2 is 1.39 bits per heavy atom. The van der Waals surface area contributed by atoms with Gasteiger partial charge in [0.25, 0.3) is 0 Å². The van der Waals surface area contributed by atoms with Crippen LogP contribution < -0.4 is 4.74 Å². The number of benzene rings is 3. The third kappa shape index (κ3) is 8.27. The smallest absolute Gasteiger partial charge is 0.217 e. The molecule has 0 aliphatic rings. The fourth-order valence-electron chi connectivity index (χ4n) is 4.44. The summed E-state index contributed by atoms with van der Waals surface area (Å²) in [7, 11) is 0. The van der Waals surface area contributed by atoms with Crippen LogP contribution in [0.1, 0.15) is 78.4 Å². The minimum absolute atomic E-state index is 0. The standard InChI is InChI=1S/C21H16NO.C15H28O2.Ir/c1-14-8-16-10-18-12-21(23-20-6-4-3-5-7-20)22-13-19(18)11-17(16)9-15(14)2;1-7-14(5,8-2)12(16)11-13(17)15(6,9-3)10-4;/h3-6,8-13H,1-2H3;11,16H,7-10H2,1-6H3;/q-1;;/b;12-11-;. The summed E-state index contributed by atoms with van der Waals surface area (Å²) in [6.45, 7) is 16.4. The van der Waals surface area contributed by atoms with Gasteiger partial charge in [-0.05, 0) is 78.9 Å². The van der Waals surface area contributed by atoms with E-state index in [2.05, 4.69) is 49.2 Å². The van der Waals surface area contributed by atoms with E-state index in [0.29, 0.717) is 11.6 Å². The van der Waals surface area contributed by atoms with Crippen molar-refractivity contribution in [3.63, 3.8) is 0 Å². The van der Waals surface area contributed by atoms with Crippen molar-refractivity contribution >= 4 is 27.3 Å². The number of rotatable bonds is 9. The summed E-state index contributed by atoms with van der Waals surface area (Å²) in [6, 6.07) is 21.4. The molecule has 0 aliphatic carbocycles. The number of aromatic nitrogens is 1. The molecule has 0 spiro atoms. The zero-order valence-electron chi connectivity index (χ0n) is 25.7. The maximum absolute atomic E-state index is 12.2. The maximum Gasteiger partial charge on any atom is 0.217 e. The van der Waals surface area contributed by atoms with Gasteiger partial charge in [-0.1, -0.05) is 53.7 Å². The maximum atomic E-state index is 12.2. The average Bonchev–Trinajstić information content (AvgIpc) is 2.96. The number of fused-ring (bicyclic) bond motifs is 2. The third-order valence-electron chi connectivity index (χ3n) is 8.76. The molecule has 1 aromatic heterocycles. The summed E-state index contributed by atoms with van der Waals surface area (Å²) in [5, 5.41) is 14.9. The molecule has 0 saturated heterocycles. The largest absolute Gasteiger partial charge is 0.512 e. The summed E-state index contributed by atoms with van der Waals surface area (Å²) >= 11 is 0. The molecule has 1 N–H and O–H groups in total. The van der Waals surface area contributed by atoms with Crippen LogP contribution in [0.15, 0.2) is 72.6 Å². The first kappa shape index (κ1) is 34.2. The minimum atomic E-state index is -0.337. The summed E-state index contributed by atoms with van der Waals surface area (Å²) < 4.78 is 5.77. The first-order valence-electron chi connectivity index (χ1n) is 14.4. The van der Waals surface area contributed by atoms with Crippen LogP contribution in [0.4, 0.5) is 0 Å². The second kappa shape index (κ2) is 14.8. The molecule has 0 atom stereocenters. The molecule has 0 unspecified atom stereocenters. The molecule has 0 bridgehead atoms. The Labute approximate surface area is 259 Å². The molecule has 4 rings (SSSR count). The molecule has 41 heavy (non-hydrogen) atoms. The van der Waals surface area contributed by atoms with Crippen LogP contribution in [0.25, 0.3) is 21.5 Å². The van der Waals surface area contributed by atoms with Gasteiger partial charge < -0.3 is 9.84 Å². The van der Waals surface area contributed by atoms with Crippen molar-refractivity contribution in [1.29, 1.82) is 0 Å². The number of allylic oxidation sites excluding steroid dienone is 2. The summed E-state index contributed by atoms with van der Waals surface area (Å²) in [5.41, 5.74) is 2.01. The number of hydrogen-bond donors (Lipinski definition) is 1. The Bertz CT molecular complexity index is 1490. The molecule has 1 heterocycles. The second-order valence-electron chi connectivity index (χ2n) is 11.3. The van der Waals surface area contributed by atoms with Crippen LogP contribution in [0.2, 0.25) is 0 Å². The number of aliphatic hydroxyl groups excluding tert-OH is 1. The Kier molecular flexibility index (Phi) is 12.3. The van der Waals surface area contributed by atoms with E-state index in [1.165, 1.54) is 28.0 Å². The van der Waals surface area contributed by atoms with Gasteiger partial charge in [-0.2, -0.15) is 18.2 Å². The van der Waals surface area contributed by atoms with Gasteiger partial charge in [0.2, 0.25) is 5.88 Å². The zero-order valence-corrected chi connectivity index (χ0v) is 28.1.